The summed E-state index contributed by atoms with van der Waals surface area (Å²) in [6.45, 7) is 11.1. The lowest BCUT2D eigenvalue weighted by Crippen LogP contribution is -2.35. The van der Waals surface area contributed by atoms with Crippen LogP contribution in [0.1, 0.15) is 98.3 Å². The maximum Gasteiger partial charge on any atom is 0.168 e. The summed E-state index contributed by atoms with van der Waals surface area (Å²) < 4.78 is 31.4. The average Bonchev–Trinajstić information content (AvgIpc) is 3.37. The molecule has 1 aliphatic carbocycles. The Labute approximate surface area is 203 Å². The molecule has 0 aromatic heterocycles. The minimum Gasteiger partial charge on any atom is -0.420 e. The van der Waals surface area contributed by atoms with Crippen LogP contribution in [-0.2, 0) is 28.2 Å². The van der Waals surface area contributed by atoms with E-state index in [1.165, 1.54) is 12.8 Å². The van der Waals surface area contributed by atoms with Crippen LogP contribution in [-0.4, -0.2) is 60.2 Å². The maximum absolute atomic E-state index is 11.7. The summed E-state index contributed by atoms with van der Waals surface area (Å²) in [4.78, 5) is 11.7. The first-order chi connectivity index (χ1) is 15.9. The van der Waals surface area contributed by atoms with Gasteiger partial charge in [0, 0.05) is 25.9 Å². The number of hydrogen-bond acceptors (Lipinski definition) is 6. The Hall–Kier alpha value is -0.313. The quantitative estimate of drug-likeness (QED) is 0.210. The monoisotopic (exact) mass is 484 g/mol. The molecule has 6 nitrogen and oxygen atoms in total. The van der Waals surface area contributed by atoms with Crippen molar-refractivity contribution in [3.05, 3.63) is 0 Å². The predicted molar refractivity (Wildman–Crippen MR) is 132 cm³/mol. The van der Waals surface area contributed by atoms with Gasteiger partial charge in [0.05, 0.1) is 25.4 Å². The fourth-order valence-electron chi connectivity index (χ4n) is 5.63. The SMILES string of the molecule is CCCCCC1(CC[C@@H]2[C@H](CC=O)[C@@H](O[SiH2]C(C)(C)C)C[C@H]2OC2CCCCO2)OCCO1. The molecule has 2 heterocycles. The van der Waals surface area contributed by atoms with Gasteiger partial charge in [-0.3, -0.25) is 0 Å². The van der Waals surface area contributed by atoms with Crippen LogP contribution >= 0.6 is 0 Å². The van der Waals surface area contributed by atoms with E-state index in [1.54, 1.807) is 0 Å². The van der Waals surface area contributed by atoms with Gasteiger partial charge in [0.1, 0.15) is 6.29 Å². The average molecular weight is 485 g/mol. The fraction of sp³-hybridized carbons (Fsp3) is 0.962. The standard InChI is InChI=1S/C26H48O6Si/c1-5-6-8-13-26(29-17-18-30-26)14-11-20-21(12-15-27)23(32-33-25(2,3)4)19-22(20)31-24-10-7-9-16-28-24/h15,20-24H,5-14,16-19,33H2,1-4H3/t20-,21+,22-,23+,24?/m1/s1. The third kappa shape index (κ3) is 8.39. The van der Waals surface area contributed by atoms with Gasteiger partial charge in [-0.05, 0) is 55.4 Å². The molecule has 33 heavy (non-hydrogen) atoms. The molecule has 0 N–H and O–H groups in total. The molecule has 0 radical (unpaired) electrons. The van der Waals surface area contributed by atoms with Gasteiger partial charge in [0.2, 0.25) is 0 Å². The zero-order valence-electron chi connectivity index (χ0n) is 21.5. The molecule has 0 aromatic rings. The largest absolute Gasteiger partial charge is 0.420 e. The van der Waals surface area contributed by atoms with E-state index in [0.717, 1.165) is 64.3 Å². The fourth-order valence-corrected chi connectivity index (χ4v) is 6.73. The van der Waals surface area contributed by atoms with Crippen molar-refractivity contribution in [3.8, 4) is 0 Å². The van der Waals surface area contributed by atoms with Gasteiger partial charge in [-0.15, -0.1) is 0 Å². The van der Waals surface area contributed by atoms with Gasteiger partial charge in [0.15, 0.2) is 21.8 Å². The Morgan fingerprint density at radius 1 is 1.03 bits per heavy atom. The Morgan fingerprint density at radius 2 is 1.82 bits per heavy atom. The van der Waals surface area contributed by atoms with Crippen molar-refractivity contribution in [2.45, 2.75) is 128 Å². The van der Waals surface area contributed by atoms with Gasteiger partial charge in [0.25, 0.3) is 0 Å². The second-order valence-corrected chi connectivity index (χ2v) is 14.2. The zero-order valence-corrected chi connectivity index (χ0v) is 22.9. The van der Waals surface area contributed by atoms with E-state index in [1.807, 2.05) is 0 Å². The molecule has 0 spiro atoms. The number of hydrogen-bond donors (Lipinski definition) is 0. The number of unbranched alkanes of at least 4 members (excludes halogenated alkanes) is 2. The smallest absolute Gasteiger partial charge is 0.168 e. The van der Waals surface area contributed by atoms with E-state index in [2.05, 4.69) is 27.7 Å². The van der Waals surface area contributed by atoms with Crippen molar-refractivity contribution in [3.63, 3.8) is 0 Å². The van der Waals surface area contributed by atoms with E-state index in [-0.39, 0.29) is 35.4 Å². The zero-order chi connectivity index (χ0) is 23.7. The van der Waals surface area contributed by atoms with Crippen molar-refractivity contribution >= 4 is 16.0 Å². The van der Waals surface area contributed by atoms with Crippen LogP contribution in [0.3, 0.4) is 0 Å². The van der Waals surface area contributed by atoms with Crippen LogP contribution in [0.5, 0.6) is 0 Å². The minimum absolute atomic E-state index is 0.0612. The summed E-state index contributed by atoms with van der Waals surface area (Å²) in [5.41, 5.74) is 0. The van der Waals surface area contributed by atoms with Gasteiger partial charge in [-0.1, -0.05) is 40.5 Å². The molecule has 0 aromatic carbocycles. The van der Waals surface area contributed by atoms with Crippen LogP contribution in [0.4, 0.5) is 0 Å². The first-order valence-corrected chi connectivity index (χ1v) is 14.7. The Balaban J connectivity index is 1.70. The summed E-state index contributed by atoms with van der Waals surface area (Å²) in [6, 6.07) is 0. The summed E-state index contributed by atoms with van der Waals surface area (Å²) in [5, 5.41) is 0.224. The van der Waals surface area contributed by atoms with Gasteiger partial charge in [-0.25, -0.2) is 0 Å². The predicted octanol–water partition coefficient (Wildman–Crippen LogP) is 4.91. The van der Waals surface area contributed by atoms with Crippen LogP contribution < -0.4 is 0 Å². The Kier molecular flexibility index (Phi) is 10.8. The van der Waals surface area contributed by atoms with Crippen molar-refractivity contribution in [2.75, 3.05) is 19.8 Å². The topological polar surface area (TPSA) is 63.2 Å². The Bertz CT molecular complexity index is 568. The van der Waals surface area contributed by atoms with Gasteiger partial charge in [-0.2, -0.15) is 0 Å². The molecular formula is C26H48O6Si. The number of carbonyl (C=O) groups is 1. The molecule has 7 heteroatoms. The number of aldehydes is 1. The first kappa shape index (κ1) is 27.3. The molecule has 0 amide bonds. The molecule has 3 rings (SSSR count). The third-order valence-corrected chi connectivity index (χ3v) is 8.83. The first-order valence-electron chi connectivity index (χ1n) is 13.5. The van der Waals surface area contributed by atoms with Crippen LogP contribution in [0, 0.1) is 11.8 Å². The molecule has 1 unspecified atom stereocenters. The summed E-state index contributed by atoms with van der Waals surface area (Å²) >= 11 is 0. The number of rotatable bonds is 13. The summed E-state index contributed by atoms with van der Waals surface area (Å²) in [5.74, 6) is -0.0121. The van der Waals surface area contributed by atoms with E-state index in [4.69, 9.17) is 23.4 Å². The van der Waals surface area contributed by atoms with Crippen LogP contribution in [0.15, 0.2) is 0 Å². The minimum atomic E-state index is -0.711. The number of carbonyl (C=O) groups excluding carboxylic acids is 1. The second-order valence-electron chi connectivity index (χ2n) is 11.4. The highest BCUT2D eigenvalue weighted by atomic mass is 28.2. The molecule has 0 bridgehead atoms. The van der Waals surface area contributed by atoms with Crippen LogP contribution in [0.2, 0.25) is 5.04 Å². The van der Waals surface area contributed by atoms with Crippen LogP contribution in [0.25, 0.3) is 0 Å². The number of ether oxygens (including phenoxy) is 4. The van der Waals surface area contributed by atoms with E-state index >= 15 is 0 Å². The molecule has 5 atom stereocenters. The van der Waals surface area contributed by atoms with Gasteiger partial charge >= 0.3 is 0 Å². The second kappa shape index (κ2) is 13.1. The molecule has 192 valence electrons. The van der Waals surface area contributed by atoms with Crippen molar-refractivity contribution in [1.29, 1.82) is 0 Å². The molecule has 3 aliphatic rings. The Morgan fingerprint density at radius 3 is 2.45 bits per heavy atom. The summed E-state index contributed by atoms with van der Waals surface area (Å²) in [6.07, 6.45) is 12.0. The molecule has 1 saturated carbocycles. The van der Waals surface area contributed by atoms with E-state index in [0.29, 0.717) is 19.6 Å². The lowest BCUT2D eigenvalue weighted by Gasteiger charge is -2.33. The van der Waals surface area contributed by atoms with E-state index in [9.17, 15) is 4.79 Å². The highest BCUT2D eigenvalue weighted by molar-refractivity contribution is 6.31. The highest BCUT2D eigenvalue weighted by Gasteiger charge is 2.47. The van der Waals surface area contributed by atoms with Crippen molar-refractivity contribution in [2.24, 2.45) is 11.8 Å². The molecule has 2 aliphatic heterocycles. The normalized spacial score (nSPS) is 32.7. The van der Waals surface area contributed by atoms with Gasteiger partial charge < -0.3 is 28.2 Å². The molecule has 3 fully saturated rings. The molecular weight excluding hydrogens is 436 g/mol. The van der Waals surface area contributed by atoms with Crippen molar-refractivity contribution in [1.82, 2.24) is 0 Å². The maximum atomic E-state index is 11.7. The van der Waals surface area contributed by atoms with Crippen molar-refractivity contribution < 1.29 is 28.2 Å². The lowest BCUT2D eigenvalue weighted by molar-refractivity contribution is -0.201. The highest BCUT2D eigenvalue weighted by Crippen LogP contribution is 2.44. The third-order valence-electron chi connectivity index (χ3n) is 7.37. The molecule has 2 saturated heterocycles. The lowest BCUT2D eigenvalue weighted by atomic mass is 9.85. The summed E-state index contributed by atoms with van der Waals surface area (Å²) in [7, 11) is -0.711. The van der Waals surface area contributed by atoms with E-state index < -0.39 is 15.6 Å².